The Labute approximate surface area is 230 Å². The van der Waals surface area contributed by atoms with E-state index in [0.29, 0.717) is 18.8 Å². The molecule has 0 radical (unpaired) electrons. The Balaban J connectivity index is 1.35. The number of hydrogen-bond acceptors (Lipinski definition) is 7. The molecule has 11 heteroatoms. The van der Waals surface area contributed by atoms with Gasteiger partial charge < -0.3 is 15.4 Å². The van der Waals surface area contributed by atoms with Crippen LogP contribution in [0.4, 0.5) is 24.5 Å². The van der Waals surface area contributed by atoms with E-state index in [1.807, 2.05) is 31.2 Å². The third kappa shape index (κ3) is 6.22. The first-order valence-electron chi connectivity index (χ1n) is 12.8. The van der Waals surface area contributed by atoms with Gasteiger partial charge in [0.05, 0.1) is 16.0 Å². The summed E-state index contributed by atoms with van der Waals surface area (Å²) < 4.78 is 73.7. The number of rotatable bonds is 8. The van der Waals surface area contributed by atoms with Gasteiger partial charge in [0, 0.05) is 54.7 Å². The van der Waals surface area contributed by atoms with Gasteiger partial charge in [0.1, 0.15) is 17.7 Å². The molecule has 5 rings (SSSR count). The molecule has 2 heterocycles. The van der Waals surface area contributed by atoms with E-state index in [1.54, 1.807) is 41.3 Å². The Kier molecular flexibility index (Phi) is 7.97. The molecule has 0 spiro atoms. The predicted molar refractivity (Wildman–Crippen MR) is 149 cm³/mol. The third-order valence-electron chi connectivity index (χ3n) is 6.74. The highest BCUT2D eigenvalue weighted by Gasteiger charge is 2.35. The number of anilines is 2. The van der Waals surface area contributed by atoms with Gasteiger partial charge in [-0.1, -0.05) is 36.4 Å². The van der Waals surface area contributed by atoms with Crippen molar-refractivity contribution in [3.8, 4) is 5.75 Å². The van der Waals surface area contributed by atoms with E-state index in [4.69, 9.17) is 4.74 Å². The van der Waals surface area contributed by atoms with Crippen LogP contribution in [0.3, 0.4) is 0 Å². The zero-order valence-electron chi connectivity index (χ0n) is 21.8. The number of ether oxygens (including phenoxy) is 1. The van der Waals surface area contributed by atoms with Crippen molar-refractivity contribution in [2.45, 2.75) is 23.4 Å². The molecule has 1 aliphatic rings. The Morgan fingerprint density at radius 1 is 1.05 bits per heavy atom. The Bertz CT molecular complexity index is 1600. The maximum absolute atomic E-state index is 13.8. The van der Waals surface area contributed by atoms with Crippen LogP contribution in [0.2, 0.25) is 0 Å². The van der Waals surface area contributed by atoms with Crippen molar-refractivity contribution >= 4 is 32.1 Å². The van der Waals surface area contributed by atoms with Crippen molar-refractivity contribution in [3.05, 3.63) is 90.1 Å². The molecule has 1 aliphatic heterocycles. The van der Waals surface area contributed by atoms with Gasteiger partial charge >= 0.3 is 6.18 Å². The highest BCUT2D eigenvalue weighted by molar-refractivity contribution is 7.92. The van der Waals surface area contributed by atoms with Crippen molar-refractivity contribution in [2.24, 2.45) is 0 Å². The van der Waals surface area contributed by atoms with E-state index < -0.39 is 27.0 Å². The van der Waals surface area contributed by atoms with Crippen LogP contribution in [0.25, 0.3) is 10.9 Å². The van der Waals surface area contributed by atoms with Gasteiger partial charge in [0.25, 0.3) is 0 Å². The number of aryl methyl sites for hydroxylation is 1. The summed E-state index contributed by atoms with van der Waals surface area (Å²) in [7, 11) is -3.65. The summed E-state index contributed by atoms with van der Waals surface area (Å²) in [4.78, 5) is 6.50. The minimum absolute atomic E-state index is 0.0128. The van der Waals surface area contributed by atoms with Gasteiger partial charge in [-0.05, 0) is 43.3 Å². The first-order chi connectivity index (χ1) is 19.1. The molecule has 2 N–H and O–H groups in total. The predicted octanol–water partition coefficient (Wildman–Crippen LogP) is 5.39. The summed E-state index contributed by atoms with van der Waals surface area (Å²) in [5.41, 5.74) is 1.44. The number of pyridine rings is 1. The molecule has 1 aromatic heterocycles. The van der Waals surface area contributed by atoms with E-state index in [-0.39, 0.29) is 36.0 Å². The molecule has 1 fully saturated rings. The third-order valence-corrected chi connectivity index (χ3v) is 8.85. The molecule has 1 saturated heterocycles. The van der Waals surface area contributed by atoms with Crippen molar-refractivity contribution in [1.82, 2.24) is 15.2 Å². The number of aromatic nitrogens is 1. The lowest BCUT2D eigenvalue weighted by Gasteiger charge is -2.35. The van der Waals surface area contributed by atoms with Crippen LogP contribution >= 0.6 is 0 Å². The first kappa shape index (κ1) is 27.9. The van der Waals surface area contributed by atoms with E-state index in [0.717, 1.165) is 28.7 Å². The number of benzene rings is 3. The molecule has 0 bridgehead atoms. The second-order valence-corrected chi connectivity index (χ2v) is 11.7. The number of hydrogen-bond donors (Lipinski definition) is 2. The van der Waals surface area contributed by atoms with Gasteiger partial charge in [0.15, 0.2) is 9.84 Å². The normalized spacial score (nSPS) is 16.6. The van der Waals surface area contributed by atoms with Crippen molar-refractivity contribution in [1.29, 1.82) is 0 Å². The van der Waals surface area contributed by atoms with Crippen LogP contribution in [-0.2, 0) is 16.0 Å². The minimum atomic E-state index is -4.58. The first-order valence-corrected chi connectivity index (χ1v) is 14.4. The molecule has 40 heavy (non-hydrogen) atoms. The fraction of sp³-hybridized carbons (Fsp3) is 0.276. The fourth-order valence-electron chi connectivity index (χ4n) is 4.82. The zero-order valence-corrected chi connectivity index (χ0v) is 22.6. The average Bonchev–Trinajstić information content (AvgIpc) is 2.93. The number of para-hydroxylation sites is 1. The summed E-state index contributed by atoms with van der Waals surface area (Å²) in [6.07, 6.45) is -4.58. The number of nitrogens with zero attached hydrogens (tertiary/aromatic N) is 2. The molecule has 210 valence electrons. The lowest BCUT2D eigenvalue weighted by Crippen LogP contribution is -2.55. The number of nitrogens with one attached hydrogen (secondary N) is 2. The van der Waals surface area contributed by atoms with E-state index in [1.165, 1.54) is 6.07 Å². The largest absolute Gasteiger partial charge is 0.492 e. The van der Waals surface area contributed by atoms with E-state index in [2.05, 4.69) is 15.6 Å². The number of halogens is 3. The van der Waals surface area contributed by atoms with Gasteiger partial charge in [-0.15, -0.1) is 0 Å². The molecule has 0 amide bonds. The second-order valence-electron chi connectivity index (χ2n) is 9.60. The molecular formula is C29H29F3N4O3S. The highest BCUT2D eigenvalue weighted by Crippen LogP contribution is 2.36. The number of alkyl halides is 3. The van der Waals surface area contributed by atoms with Crippen molar-refractivity contribution < 1.29 is 26.3 Å². The molecule has 3 aromatic carbocycles. The smallest absolute Gasteiger partial charge is 0.416 e. The highest BCUT2D eigenvalue weighted by atomic mass is 32.2. The molecule has 4 aromatic rings. The molecule has 1 unspecified atom stereocenters. The molecule has 7 nitrogen and oxygen atoms in total. The summed E-state index contributed by atoms with van der Waals surface area (Å²) in [5.74, 6) is 0.0324. The monoisotopic (exact) mass is 570 g/mol. The maximum Gasteiger partial charge on any atom is 0.416 e. The summed E-state index contributed by atoms with van der Waals surface area (Å²) in [6, 6.07) is 20.9. The summed E-state index contributed by atoms with van der Waals surface area (Å²) in [6.45, 7) is 3.36. The lowest BCUT2D eigenvalue weighted by molar-refractivity contribution is -0.137. The fourth-order valence-corrected chi connectivity index (χ4v) is 6.61. The van der Waals surface area contributed by atoms with Crippen LogP contribution in [0.15, 0.2) is 83.8 Å². The van der Waals surface area contributed by atoms with Gasteiger partial charge in [-0.2, -0.15) is 13.2 Å². The van der Waals surface area contributed by atoms with Gasteiger partial charge in [-0.25, -0.2) is 8.42 Å². The van der Waals surface area contributed by atoms with Crippen LogP contribution in [-0.4, -0.2) is 56.5 Å². The van der Waals surface area contributed by atoms with E-state index >= 15 is 0 Å². The molecular weight excluding hydrogens is 541 g/mol. The molecule has 0 saturated carbocycles. The van der Waals surface area contributed by atoms with Crippen LogP contribution < -0.4 is 15.4 Å². The van der Waals surface area contributed by atoms with Crippen molar-refractivity contribution in [2.75, 3.05) is 38.1 Å². The van der Waals surface area contributed by atoms with Crippen LogP contribution in [0.5, 0.6) is 5.75 Å². The topological polar surface area (TPSA) is 83.6 Å². The van der Waals surface area contributed by atoms with Gasteiger partial charge in [-0.3, -0.25) is 9.88 Å². The molecule has 1 atom stereocenters. The van der Waals surface area contributed by atoms with E-state index in [9.17, 15) is 21.6 Å². The summed E-state index contributed by atoms with van der Waals surface area (Å²) in [5, 5.41) is 6.19. The SMILES string of the molecule is Cc1cc(Nc2cc(OCCN3CCNCC3S(=O)(=O)c3ccccc3)cc(C(F)(F)F)c2)c2ccccc2n1. The number of fused-ring (bicyclic) bond motifs is 1. The maximum atomic E-state index is 13.8. The standard InChI is InChI=1S/C29H29F3N4O3S/c1-20-15-27(25-9-5-6-10-26(25)34-20)35-22-16-21(29(30,31)32)17-23(18-22)39-14-13-36-12-11-33-19-28(36)40(37,38)24-7-3-2-4-8-24/h2-10,15-18,28,33H,11-14,19H2,1H3,(H,34,35). The molecule has 0 aliphatic carbocycles. The zero-order chi connectivity index (χ0) is 28.3. The average molecular weight is 571 g/mol. The second kappa shape index (κ2) is 11.4. The minimum Gasteiger partial charge on any atom is -0.492 e. The Morgan fingerprint density at radius 3 is 2.58 bits per heavy atom. The Morgan fingerprint density at radius 2 is 1.80 bits per heavy atom. The Hall–Kier alpha value is -3.67. The number of piperazine rings is 1. The van der Waals surface area contributed by atoms with Crippen LogP contribution in [0.1, 0.15) is 11.3 Å². The number of sulfone groups is 1. The van der Waals surface area contributed by atoms with Crippen LogP contribution in [0, 0.1) is 6.92 Å². The van der Waals surface area contributed by atoms with Gasteiger partial charge in [0.2, 0.25) is 0 Å². The quantitative estimate of drug-likeness (QED) is 0.294. The van der Waals surface area contributed by atoms with Crippen molar-refractivity contribution in [3.63, 3.8) is 0 Å². The summed E-state index contributed by atoms with van der Waals surface area (Å²) >= 11 is 0. The lowest BCUT2D eigenvalue weighted by atomic mass is 10.1.